The molecule has 0 aliphatic carbocycles. The van der Waals surface area contributed by atoms with Crippen LogP contribution in [0.25, 0.3) is 0 Å². The van der Waals surface area contributed by atoms with Crippen LogP contribution in [0.5, 0.6) is 0 Å². The molecule has 0 aromatic heterocycles. The first-order valence-electron chi connectivity index (χ1n) is 12.0. The molecule has 0 unspecified atom stereocenters. The fourth-order valence-electron chi connectivity index (χ4n) is 4.74. The summed E-state index contributed by atoms with van der Waals surface area (Å²) in [6.45, 7) is 6.93. The number of hydrogen-bond donors (Lipinski definition) is 0. The molecule has 0 radical (unpaired) electrons. The number of carbonyl (C=O) groups excluding carboxylic acids is 2. The lowest BCUT2D eigenvalue weighted by Gasteiger charge is -2.34. The van der Waals surface area contributed by atoms with Gasteiger partial charge >= 0.3 is 5.97 Å². The monoisotopic (exact) mass is 465 g/mol. The number of ether oxygens (including phenoxy) is 1. The molecule has 7 heteroatoms. The minimum atomic E-state index is -0.420. The number of piperidine rings is 1. The Morgan fingerprint density at radius 3 is 2.68 bits per heavy atom. The average Bonchev–Trinajstić information content (AvgIpc) is 3.27. The van der Waals surface area contributed by atoms with Crippen LogP contribution in [0.4, 0.5) is 4.39 Å². The largest absolute Gasteiger partial charge is 0.465 e. The van der Waals surface area contributed by atoms with Gasteiger partial charge < -0.3 is 4.74 Å². The van der Waals surface area contributed by atoms with E-state index >= 15 is 0 Å². The summed E-state index contributed by atoms with van der Waals surface area (Å²) in [6, 6.07) is 11.7. The number of hydrogen-bond acceptors (Lipinski definition) is 5. The Balaban J connectivity index is 1.61. The van der Waals surface area contributed by atoms with E-state index < -0.39 is 12.1 Å². The van der Waals surface area contributed by atoms with Crippen molar-refractivity contribution < 1.29 is 18.7 Å². The Kier molecular flexibility index (Phi) is 7.41. The van der Waals surface area contributed by atoms with E-state index in [1.54, 1.807) is 13.0 Å². The molecule has 1 amide bonds. The number of esters is 1. The molecule has 1 saturated heterocycles. The number of rotatable bonds is 6. The zero-order chi connectivity index (χ0) is 24.2. The van der Waals surface area contributed by atoms with Crippen molar-refractivity contribution in [2.45, 2.75) is 58.5 Å². The smallest absolute Gasteiger partial charge is 0.323 e. The number of aryl methyl sites for hydroxylation is 2. The highest BCUT2D eigenvalue weighted by molar-refractivity contribution is 6.03. The van der Waals surface area contributed by atoms with Gasteiger partial charge in [0.1, 0.15) is 11.9 Å². The third kappa shape index (κ3) is 5.20. The van der Waals surface area contributed by atoms with Gasteiger partial charge in [-0.05, 0) is 80.6 Å². The summed E-state index contributed by atoms with van der Waals surface area (Å²) in [6.07, 6.45) is 3.03. The first kappa shape index (κ1) is 24.1. The Morgan fingerprint density at radius 2 is 1.94 bits per heavy atom. The van der Waals surface area contributed by atoms with Crippen LogP contribution >= 0.6 is 0 Å². The second-order valence-electron chi connectivity index (χ2n) is 9.09. The molecular formula is C27H32FN3O3. The zero-order valence-electron chi connectivity index (χ0n) is 20.1. The molecule has 2 aliphatic rings. The van der Waals surface area contributed by atoms with Crippen LogP contribution in [-0.2, 0) is 14.3 Å². The molecule has 0 spiro atoms. The van der Waals surface area contributed by atoms with Gasteiger partial charge in [-0.2, -0.15) is 5.10 Å². The van der Waals surface area contributed by atoms with Gasteiger partial charge in [-0.1, -0.05) is 30.7 Å². The minimum Gasteiger partial charge on any atom is -0.465 e. The molecule has 0 saturated carbocycles. The van der Waals surface area contributed by atoms with Crippen LogP contribution in [0.3, 0.4) is 0 Å². The second kappa shape index (κ2) is 10.5. The number of amides is 1. The third-order valence-electron chi connectivity index (χ3n) is 6.75. The van der Waals surface area contributed by atoms with Crippen LogP contribution in [0.2, 0.25) is 0 Å². The van der Waals surface area contributed by atoms with Crippen LogP contribution in [0.1, 0.15) is 60.9 Å². The Morgan fingerprint density at radius 1 is 1.12 bits per heavy atom. The second-order valence-corrected chi connectivity index (χ2v) is 9.09. The van der Waals surface area contributed by atoms with E-state index in [0.717, 1.165) is 29.7 Å². The van der Waals surface area contributed by atoms with Gasteiger partial charge in [0.15, 0.2) is 0 Å². The van der Waals surface area contributed by atoms with Crippen LogP contribution in [0, 0.1) is 19.7 Å². The molecule has 2 aromatic rings. The maximum absolute atomic E-state index is 14.1. The summed E-state index contributed by atoms with van der Waals surface area (Å²) < 4.78 is 19.3. The summed E-state index contributed by atoms with van der Waals surface area (Å²) >= 11 is 0. The van der Waals surface area contributed by atoms with Gasteiger partial charge in [-0.25, -0.2) is 9.40 Å². The first-order valence-corrected chi connectivity index (χ1v) is 12.0. The third-order valence-corrected chi connectivity index (χ3v) is 6.75. The van der Waals surface area contributed by atoms with Crippen LogP contribution in [-0.4, -0.2) is 53.2 Å². The zero-order valence-corrected chi connectivity index (χ0v) is 20.1. The minimum absolute atomic E-state index is 0.0685. The van der Waals surface area contributed by atoms with Crippen molar-refractivity contribution in [3.05, 3.63) is 70.5 Å². The molecular weight excluding hydrogens is 433 g/mol. The van der Waals surface area contributed by atoms with Crippen molar-refractivity contribution in [2.24, 2.45) is 5.10 Å². The number of carbonyl (C=O) groups is 2. The van der Waals surface area contributed by atoms with E-state index in [1.807, 2.05) is 30.0 Å². The summed E-state index contributed by atoms with van der Waals surface area (Å²) in [5, 5.41) is 6.21. The molecule has 34 heavy (non-hydrogen) atoms. The first-order chi connectivity index (χ1) is 16.4. The van der Waals surface area contributed by atoms with Gasteiger partial charge in [0.05, 0.1) is 24.9 Å². The van der Waals surface area contributed by atoms with Gasteiger partial charge in [0.2, 0.25) is 0 Å². The molecule has 4 rings (SSSR count). The molecule has 2 aromatic carbocycles. The maximum Gasteiger partial charge on any atom is 0.323 e. The molecule has 6 nitrogen and oxygen atoms in total. The predicted molar refractivity (Wildman–Crippen MR) is 129 cm³/mol. The Hall–Kier alpha value is -3.06. The highest BCUT2D eigenvalue weighted by Gasteiger charge is 2.37. The molecule has 0 bridgehead atoms. The van der Waals surface area contributed by atoms with Gasteiger partial charge in [0, 0.05) is 6.42 Å². The van der Waals surface area contributed by atoms with Crippen LogP contribution in [0.15, 0.2) is 47.6 Å². The van der Waals surface area contributed by atoms with Gasteiger partial charge in [-0.15, -0.1) is 0 Å². The van der Waals surface area contributed by atoms with E-state index in [0.29, 0.717) is 31.6 Å². The fraction of sp³-hybridized carbons (Fsp3) is 0.444. The van der Waals surface area contributed by atoms with Crippen molar-refractivity contribution in [3.8, 4) is 0 Å². The lowest BCUT2D eigenvalue weighted by Crippen LogP contribution is -2.49. The molecule has 1 fully saturated rings. The van der Waals surface area contributed by atoms with Crippen molar-refractivity contribution in [1.82, 2.24) is 9.91 Å². The predicted octanol–water partition coefficient (Wildman–Crippen LogP) is 4.54. The lowest BCUT2D eigenvalue weighted by atomic mass is 9.96. The summed E-state index contributed by atoms with van der Waals surface area (Å²) in [4.78, 5) is 27.9. The standard InChI is InChI=1S/C27H32FN3O3/c1-4-34-27(33)24-10-5-6-13-30(24)17-26(32)31-25(21-8-7-9-22(28)15-21)16-23(29-31)20-12-11-18(2)19(3)14-20/h7-9,11-12,14-15,24-25H,4-6,10,13,16-17H2,1-3H3/t24-,25-/m0/s1. The number of nitrogens with zero attached hydrogens (tertiary/aromatic N) is 3. The van der Waals surface area contributed by atoms with E-state index in [9.17, 15) is 14.0 Å². The lowest BCUT2D eigenvalue weighted by molar-refractivity contribution is -0.152. The van der Waals surface area contributed by atoms with E-state index in [4.69, 9.17) is 9.84 Å². The van der Waals surface area contributed by atoms with Crippen molar-refractivity contribution >= 4 is 17.6 Å². The highest BCUT2D eigenvalue weighted by atomic mass is 19.1. The van der Waals surface area contributed by atoms with Crippen molar-refractivity contribution in [2.75, 3.05) is 19.7 Å². The normalized spacial score (nSPS) is 20.8. The van der Waals surface area contributed by atoms with Gasteiger partial charge in [-0.3, -0.25) is 14.5 Å². The fourth-order valence-corrected chi connectivity index (χ4v) is 4.74. The SMILES string of the molecule is CCOC(=O)[C@@H]1CCCCN1CC(=O)N1N=C(c2ccc(C)c(C)c2)C[C@H]1c1cccc(F)c1. The Labute approximate surface area is 200 Å². The van der Waals surface area contributed by atoms with E-state index in [1.165, 1.54) is 22.7 Å². The summed E-state index contributed by atoms with van der Waals surface area (Å²) in [7, 11) is 0. The summed E-state index contributed by atoms with van der Waals surface area (Å²) in [5.41, 5.74) is 4.80. The molecule has 2 atom stereocenters. The maximum atomic E-state index is 14.1. The number of benzene rings is 2. The van der Waals surface area contributed by atoms with Crippen molar-refractivity contribution in [3.63, 3.8) is 0 Å². The highest BCUT2D eigenvalue weighted by Crippen LogP contribution is 2.34. The molecule has 180 valence electrons. The topological polar surface area (TPSA) is 62.2 Å². The van der Waals surface area contributed by atoms with E-state index in [-0.39, 0.29) is 24.2 Å². The van der Waals surface area contributed by atoms with E-state index in [2.05, 4.69) is 13.0 Å². The molecule has 2 aliphatic heterocycles. The number of halogens is 1. The van der Waals surface area contributed by atoms with Gasteiger partial charge in [0.25, 0.3) is 5.91 Å². The Bertz CT molecular complexity index is 1100. The number of hydrazone groups is 1. The van der Waals surface area contributed by atoms with Crippen LogP contribution < -0.4 is 0 Å². The quantitative estimate of drug-likeness (QED) is 0.588. The molecule has 2 heterocycles. The molecule has 0 N–H and O–H groups in total. The van der Waals surface area contributed by atoms with Crippen molar-refractivity contribution in [1.29, 1.82) is 0 Å². The average molecular weight is 466 g/mol. The summed E-state index contributed by atoms with van der Waals surface area (Å²) in [5.74, 6) is -0.829. The number of likely N-dealkylation sites (tertiary alicyclic amines) is 1.